The molecular formula is C13H20ClN3O. The summed E-state index contributed by atoms with van der Waals surface area (Å²) in [6, 6.07) is 4.40. The second-order valence-electron chi connectivity index (χ2n) is 4.60. The second kappa shape index (κ2) is 7.34. The molecule has 0 bridgehead atoms. The maximum atomic E-state index is 11.9. The number of amides is 1. The molecule has 0 aromatic carbocycles. The van der Waals surface area contributed by atoms with Gasteiger partial charge in [0.15, 0.2) is 0 Å². The Morgan fingerprint density at radius 1 is 1.61 bits per heavy atom. The highest BCUT2D eigenvalue weighted by Crippen LogP contribution is 2.08. The summed E-state index contributed by atoms with van der Waals surface area (Å²) in [7, 11) is 0. The molecule has 1 aromatic rings. The molecule has 18 heavy (non-hydrogen) atoms. The summed E-state index contributed by atoms with van der Waals surface area (Å²) in [5.41, 5.74) is 0.960. The lowest BCUT2D eigenvalue weighted by Gasteiger charge is -2.30. The fraction of sp³-hybridized carbons (Fsp3) is 0.538. The summed E-state index contributed by atoms with van der Waals surface area (Å²) in [5.74, 6) is 0.0820. The van der Waals surface area contributed by atoms with Crippen LogP contribution in [0.25, 0.3) is 0 Å². The molecule has 1 saturated heterocycles. The molecule has 1 amide bonds. The fourth-order valence-electron chi connectivity index (χ4n) is 2.19. The Hall–Kier alpha value is -1.13. The average molecular weight is 270 g/mol. The van der Waals surface area contributed by atoms with E-state index in [2.05, 4.69) is 22.5 Å². The van der Waals surface area contributed by atoms with E-state index in [0.717, 1.165) is 24.9 Å². The zero-order valence-corrected chi connectivity index (χ0v) is 11.4. The van der Waals surface area contributed by atoms with E-state index in [9.17, 15) is 4.79 Å². The number of aromatic nitrogens is 1. The van der Waals surface area contributed by atoms with Crippen molar-refractivity contribution in [3.05, 3.63) is 30.1 Å². The Morgan fingerprint density at radius 2 is 2.44 bits per heavy atom. The lowest BCUT2D eigenvalue weighted by Crippen LogP contribution is -2.52. The van der Waals surface area contributed by atoms with Gasteiger partial charge in [-0.05, 0) is 37.9 Å². The van der Waals surface area contributed by atoms with E-state index in [1.165, 1.54) is 0 Å². The van der Waals surface area contributed by atoms with Crippen LogP contribution in [0.15, 0.2) is 24.5 Å². The largest absolute Gasteiger partial charge is 0.352 e. The molecule has 1 aliphatic heterocycles. The number of nitrogens with zero attached hydrogens (tertiary/aromatic N) is 1. The topological polar surface area (TPSA) is 54.0 Å². The van der Waals surface area contributed by atoms with Crippen molar-refractivity contribution in [1.29, 1.82) is 0 Å². The second-order valence-corrected chi connectivity index (χ2v) is 4.60. The van der Waals surface area contributed by atoms with E-state index >= 15 is 0 Å². The van der Waals surface area contributed by atoms with Crippen molar-refractivity contribution in [2.24, 2.45) is 0 Å². The SMILES string of the molecule is CC1NCCCC1NC(=O)Cc1cccnc1.Cl. The number of halogens is 1. The van der Waals surface area contributed by atoms with Crippen molar-refractivity contribution in [3.8, 4) is 0 Å². The molecule has 1 aromatic heterocycles. The Bertz CT molecular complexity index is 372. The van der Waals surface area contributed by atoms with Crippen LogP contribution in [0.4, 0.5) is 0 Å². The zero-order valence-electron chi connectivity index (χ0n) is 10.6. The zero-order chi connectivity index (χ0) is 12.1. The molecule has 2 atom stereocenters. The first-order valence-corrected chi connectivity index (χ1v) is 6.17. The molecule has 0 saturated carbocycles. The van der Waals surface area contributed by atoms with Gasteiger partial charge in [-0.3, -0.25) is 9.78 Å². The smallest absolute Gasteiger partial charge is 0.224 e. The maximum Gasteiger partial charge on any atom is 0.224 e. The van der Waals surface area contributed by atoms with E-state index in [0.29, 0.717) is 12.5 Å². The van der Waals surface area contributed by atoms with Crippen LogP contribution < -0.4 is 10.6 Å². The summed E-state index contributed by atoms with van der Waals surface area (Å²) in [5, 5.41) is 6.46. The van der Waals surface area contributed by atoms with Crippen LogP contribution in [0, 0.1) is 0 Å². The van der Waals surface area contributed by atoms with Gasteiger partial charge in [0.05, 0.1) is 6.42 Å². The van der Waals surface area contributed by atoms with Gasteiger partial charge < -0.3 is 10.6 Å². The molecule has 1 fully saturated rings. The summed E-state index contributed by atoms with van der Waals surface area (Å²) in [4.78, 5) is 15.9. The predicted molar refractivity (Wildman–Crippen MR) is 73.8 cm³/mol. The monoisotopic (exact) mass is 269 g/mol. The first-order chi connectivity index (χ1) is 8.25. The molecular weight excluding hydrogens is 250 g/mol. The average Bonchev–Trinajstić information content (AvgIpc) is 2.33. The van der Waals surface area contributed by atoms with Crippen molar-refractivity contribution in [1.82, 2.24) is 15.6 Å². The van der Waals surface area contributed by atoms with Gasteiger partial charge in [0.2, 0.25) is 5.91 Å². The lowest BCUT2D eigenvalue weighted by molar-refractivity contribution is -0.121. The number of carbonyl (C=O) groups is 1. The Balaban J connectivity index is 0.00000162. The highest BCUT2D eigenvalue weighted by Gasteiger charge is 2.22. The minimum Gasteiger partial charge on any atom is -0.352 e. The van der Waals surface area contributed by atoms with Gasteiger partial charge in [0.1, 0.15) is 0 Å². The van der Waals surface area contributed by atoms with Gasteiger partial charge >= 0.3 is 0 Å². The standard InChI is InChI=1S/C13H19N3O.ClH/c1-10-12(5-3-7-15-10)16-13(17)8-11-4-2-6-14-9-11;/h2,4,6,9-10,12,15H,3,5,7-8H2,1H3,(H,16,17);1H. The van der Waals surface area contributed by atoms with Crippen molar-refractivity contribution >= 4 is 18.3 Å². The summed E-state index contributed by atoms with van der Waals surface area (Å²) < 4.78 is 0. The summed E-state index contributed by atoms with van der Waals surface area (Å²) in [6.45, 7) is 3.17. The van der Waals surface area contributed by atoms with Crippen LogP contribution in [0.2, 0.25) is 0 Å². The maximum absolute atomic E-state index is 11.9. The quantitative estimate of drug-likeness (QED) is 0.870. The third kappa shape index (κ3) is 4.27. The number of hydrogen-bond acceptors (Lipinski definition) is 3. The predicted octanol–water partition coefficient (Wildman–Crippen LogP) is 1.30. The molecule has 0 radical (unpaired) electrons. The minimum absolute atomic E-state index is 0. The van der Waals surface area contributed by atoms with E-state index in [-0.39, 0.29) is 24.4 Å². The number of hydrogen-bond donors (Lipinski definition) is 2. The number of nitrogens with one attached hydrogen (secondary N) is 2. The van der Waals surface area contributed by atoms with Crippen LogP contribution >= 0.6 is 12.4 Å². The lowest BCUT2D eigenvalue weighted by atomic mass is 9.99. The molecule has 0 spiro atoms. The first kappa shape index (κ1) is 14.9. The molecule has 2 unspecified atom stereocenters. The van der Waals surface area contributed by atoms with Crippen molar-refractivity contribution in [2.45, 2.75) is 38.3 Å². The number of piperidine rings is 1. The van der Waals surface area contributed by atoms with Crippen LogP contribution in [-0.4, -0.2) is 29.5 Å². The molecule has 2 heterocycles. The highest BCUT2D eigenvalue weighted by atomic mass is 35.5. The fourth-order valence-corrected chi connectivity index (χ4v) is 2.19. The highest BCUT2D eigenvalue weighted by molar-refractivity contribution is 5.85. The molecule has 4 nitrogen and oxygen atoms in total. The summed E-state index contributed by atoms with van der Waals surface area (Å²) >= 11 is 0. The van der Waals surface area contributed by atoms with Gasteiger partial charge in [-0.1, -0.05) is 6.07 Å². The Morgan fingerprint density at radius 3 is 3.11 bits per heavy atom. The number of pyridine rings is 1. The van der Waals surface area contributed by atoms with E-state index in [4.69, 9.17) is 0 Å². The Kier molecular flexibility index (Phi) is 6.09. The van der Waals surface area contributed by atoms with Crippen LogP contribution in [0.5, 0.6) is 0 Å². The van der Waals surface area contributed by atoms with E-state index in [1.807, 2.05) is 12.1 Å². The summed E-state index contributed by atoms with van der Waals surface area (Å²) in [6.07, 6.45) is 6.06. The minimum atomic E-state index is 0. The van der Waals surface area contributed by atoms with Crippen LogP contribution in [0.1, 0.15) is 25.3 Å². The van der Waals surface area contributed by atoms with Gasteiger partial charge in [-0.15, -0.1) is 12.4 Å². The van der Waals surface area contributed by atoms with Gasteiger partial charge in [0, 0.05) is 24.5 Å². The third-order valence-corrected chi connectivity index (χ3v) is 3.20. The molecule has 2 N–H and O–H groups in total. The first-order valence-electron chi connectivity index (χ1n) is 6.17. The molecule has 2 rings (SSSR count). The molecule has 1 aliphatic rings. The van der Waals surface area contributed by atoms with Gasteiger partial charge in [-0.2, -0.15) is 0 Å². The number of carbonyl (C=O) groups excluding carboxylic acids is 1. The molecule has 100 valence electrons. The van der Waals surface area contributed by atoms with Gasteiger partial charge in [-0.25, -0.2) is 0 Å². The van der Waals surface area contributed by atoms with E-state index < -0.39 is 0 Å². The van der Waals surface area contributed by atoms with Gasteiger partial charge in [0.25, 0.3) is 0 Å². The van der Waals surface area contributed by atoms with Crippen molar-refractivity contribution < 1.29 is 4.79 Å². The van der Waals surface area contributed by atoms with Crippen LogP contribution in [0.3, 0.4) is 0 Å². The normalized spacial score (nSPS) is 22.9. The van der Waals surface area contributed by atoms with E-state index in [1.54, 1.807) is 12.4 Å². The van der Waals surface area contributed by atoms with Crippen molar-refractivity contribution in [3.63, 3.8) is 0 Å². The number of rotatable bonds is 3. The molecule has 5 heteroatoms. The third-order valence-electron chi connectivity index (χ3n) is 3.20. The van der Waals surface area contributed by atoms with Crippen molar-refractivity contribution in [2.75, 3.05) is 6.54 Å². The Labute approximate surface area is 114 Å². The molecule has 0 aliphatic carbocycles. The van der Waals surface area contributed by atoms with Crippen LogP contribution in [-0.2, 0) is 11.2 Å².